The van der Waals surface area contributed by atoms with Crippen molar-refractivity contribution in [3.63, 3.8) is 0 Å². The highest BCUT2D eigenvalue weighted by molar-refractivity contribution is 7.20. The normalized spacial score (nSPS) is 11.0. The van der Waals surface area contributed by atoms with Gasteiger partial charge in [-0.3, -0.25) is 4.79 Å². The molecule has 2 heterocycles. The molecule has 4 nitrogen and oxygen atoms in total. The van der Waals surface area contributed by atoms with Gasteiger partial charge in [-0.25, -0.2) is 4.68 Å². The molecule has 0 saturated heterocycles. The summed E-state index contributed by atoms with van der Waals surface area (Å²) in [6.07, 6.45) is 0. The van der Waals surface area contributed by atoms with Crippen LogP contribution in [0.5, 0.6) is 0 Å². The average molecular weight is 347 g/mol. The minimum Gasteiger partial charge on any atom is -0.321 e. The summed E-state index contributed by atoms with van der Waals surface area (Å²) in [4.78, 5) is 14.3. The molecule has 0 bridgehead atoms. The predicted molar refractivity (Wildman–Crippen MR) is 103 cm³/mol. The number of carbonyl (C=O) groups excluding carboxylic acids is 1. The quantitative estimate of drug-likeness (QED) is 0.569. The minimum absolute atomic E-state index is 0.0918. The van der Waals surface area contributed by atoms with Gasteiger partial charge in [0, 0.05) is 11.1 Å². The molecule has 0 radical (unpaired) electrons. The Bertz CT molecular complexity index is 1060. The van der Waals surface area contributed by atoms with Crippen LogP contribution in [0.1, 0.15) is 20.9 Å². The lowest BCUT2D eigenvalue weighted by Crippen LogP contribution is -2.10. The summed E-state index contributed by atoms with van der Waals surface area (Å²) in [5.41, 5.74) is 3.84. The van der Waals surface area contributed by atoms with Crippen molar-refractivity contribution in [2.24, 2.45) is 0 Å². The Morgan fingerprint density at radius 2 is 1.84 bits per heavy atom. The molecule has 0 aliphatic rings. The molecule has 1 amide bonds. The molecular weight excluding hydrogens is 330 g/mol. The van der Waals surface area contributed by atoms with Crippen LogP contribution in [-0.2, 0) is 0 Å². The molecule has 0 spiro atoms. The zero-order valence-electron chi connectivity index (χ0n) is 14.0. The minimum atomic E-state index is -0.0918. The summed E-state index contributed by atoms with van der Waals surface area (Å²) in [5, 5.41) is 8.60. The van der Waals surface area contributed by atoms with Crippen molar-refractivity contribution in [1.82, 2.24) is 9.78 Å². The van der Waals surface area contributed by atoms with Gasteiger partial charge in [-0.15, -0.1) is 11.3 Å². The van der Waals surface area contributed by atoms with Crippen molar-refractivity contribution in [3.8, 4) is 5.69 Å². The number of fused-ring (bicyclic) bond motifs is 1. The summed E-state index contributed by atoms with van der Waals surface area (Å²) in [7, 11) is 0. The van der Waals surface area contributed by atoms with E-state index in [1.54, 1.807) is 0 Å². The van der Waals surface area contributed by atoms with E-state index in [0.29, 0.717) is 4.88 Å². The standard InChI is InChI=1S/C20H17N3OS/c1-13-7-6-8-15(11-13)21-19(24)18-12-17-14(2)22-23(20(17)25-18)16-9-4-3-5-10-16/h3-12H,1-2H3,(H,21,24). The van der Waals surface area contributed by atoms with Crippen molar-refractivity contribution >= 4 is 33.1 Å². The number of para-hydroxylation sites is 1. The van der Waals surface area contributed by atoms with Gasteiger partial charge in [-0.05, 0) is 49.7 Å². The number of amides is 1. The van der Waals surface area contributed by atoms with Gasteiger partial charge in [-0.1, -0.05) is 30.3 Å². The van der Waals surface area contributed by atoms with Crippen LogP contribution < -0.4 is 5.32 Å². The first-order chi connectivity index (χ1) is 12.1. The van der Waals surface area contributed by atoms with Crippen LogP contribution in [0.15, 0.2) is 60.7 Å². The molecule has 25 heavy (non-hydrogen) atoms. The van der Waals surface area contributed by atoms with E-state index in [9.17, 15) is 4.79 Å². The molecule has 0 saturated carbocycles. The van der Waals surface area contributed by atoms with E-state index in [1.165, 1.54) is 11.3 Å². The second-order valence-corrected chi connectivity index (χ2v) is 7.02. The third-order valence-electron chi connectivity index (χ3n) is 4.05. The van der Waals surface area contributed by atoms with Gasteiger partial charge in [0.2, 0.25) is 0 Å². The molecule has 5 heteroatoms. The van der Waals surface area contributed by atoms with Gasteiger partial charge in [-0.2, -0.15) is 5.10 Å². The maximum absolute atomic E-state index is 12.6. The predicted octanol–water partition coefficient (Wildman–Crippen LogP) is 4.96. The molecule has 124 valence electrons. The Morgan fingerprint density at radius 1 is 1.04 bits per heavy atom. The van der Waals surface area contributed by atoms with E-state index < -0.39 is 0 Å². The van der Waals surface area contributed by atoms with Crippen LogP contribution >= 0.6 is 11.3 Å². The second kappa shape index (κ2) is 6.18. The van der Waals surface area contributed by atoms with Crippen LogP contribution in [-0.4, -0.2) is 15.7 Å². The molecule has 0 atom stereocenters. The van der Waals surface area contributed by atoms with E-state index in [-0.39, 0.29) is 5.91 Å². The van der Waals surface area contributed by atoms with E-state index in [1.807, 2.05) is 79.2 Å². The summed E-state index contributed by atoms with van der Waals surface area (Å²) < 4.78 is 1.90. The lowest BCUT2D eigenvalue weighted by Gasteiger charge is -2.04. The Kier molecular flexibility index (Phi) is 3.86. The number of benzene rings is 2. The number of carbonyl (C=O) groups is 1. The molecule has 2 aromatic heterocycles. The lowest BCUT2D eigenvalue weighted by atomic mass is 10.2. The molecular formula is C20H17N3OS. The first kappa shape index (κ1) is 15.6. The van der Waals surface area contributed by atoms with Crippen LogP contribution in [0.4, 0.5) is 5.69 Å². The largest absolute Gasteiger partial charge is 0.321 e. The summed E-state index contributed by atoms with van der Waals surface area (Å²) in [6.45, 7) is 3.98. The van der Waals surface area contributed by atoms with E-state index in [2.05, 4.69) is 10.4 Å². The fourth-order valence-electron chi connectivity index (χ4n) is 2.82. The van der Waals surface area contributed by atoms with Crippen LogP contribution in [0.2, 0.25) is 0 Å². The molecule has 0 aliphatic heterocycles. The summed E-state index contributed by atoms with van der Waals surface area (Å²) in [5.74, 6) is -0.0918. The van der Waals surface area contributed by atoms with Gasteiger partial charge in [0.1, 0.15) is 4.83 Å². The number of nitrogens with zero attached hydrogens (tertiary/aromatic N) is 2. The van der Waals surface area contributed by atoms with E-state index >= 15 is 0 Å². The molecule has 2 aromatic carbocycles. The molecule has 0 unspecified atom stereocenters. The Morgan fingerprint density at radius 3 is 2.60 bits per heavy atom. The number of aromatic nitrogens is 2. The number of hydrogen-bond donors (Lipinski definition) is 1. The highest BCUT2D eigenvalue weighted by Gasteiger charge is 2.17. The monoisotopic (exact) mass is 347 g/mol. The number of hydrogen-bond acceptors (Lipinski definition) is 3. The lowest BCUT2D eigenvalue weighted by molar-refractivity contribution is 0.103. The molecule has 0 aliphatic carbocycles. The molecule has 4 rings (SSSR count). The topological polar surface area (TPSA) is 46.9 Å². The number of anilines is 1. The molecule has 0 fully saturated rings. The van der Waals surface area contributed by atoms with Crippen molar-refractivity contribution < 1.29 is 4.79 Å². The fraction of sp³-hybridized carbons (Fsp3) is 0.100. The van der Waals surface area contributed by atoms with Crippen molar-refractivity contribution in [2.45, 2.75) is 13.8 Å². The number of nitrogens with one attached hydrogen (secondary N) is 1. The van der Waals surface area contributed by atoms with Gasteiger partial charge < -0.3 is 5.32 Å². The Labute approximate surface area is 149 Å². The van der Waals surface area contributed by atoms with Gasteiger partial charge in [0.25, 0.3) is 5.91 Å². The van der Waals surface area contributed by atoms with Crippen LogP contribution in [0.3, 0.4) is 0 Å². The highest BCUT2D eigenvalue weighted by atomic mass is 32.1. The zero-order chi connectivity index (χ0) is 17.4. The van der Waals surface area contributed by atoms with Crippen molar-refractivity contribution in [3.05, 3.63) is 76.8 Å². The molecule has 1 N–H and O–H groups in total. The fourth-order valence-corrected chi connectivity index (χ4v) is 3.90. The van der Waals surface area contributed by atoms with Crippen molar-refractivity contribution in [1.29, 1.82) is 0 Å². The SMILES string of the molecule is Cc1cccc(NC(=O)c2cc3c(C)nn(-c4ccccc4)c3s2)c1. The maximum Gasteiger partial charge on any atom is 0.265 e. The van der Waals surface area contributed by atoms with Gasteiger partial charge in [0.05, 0.1) is 16.3 Å². The first-order valence-corrected chi connectivity index (χ1v) is 8.86. The smallest absolute Gasteiger partial charge is 0.265 e. The van der Waals surface area contributed by atoms with Gasteiger partial charge in [0.15, 0.2) is 0 Å². The van der Waals surface area contributed by atoms with Crippen LogP contribution in [0, 0.1) is 13.8 Å². The number of rotatable bonds is 3. The maximum atomic E-state index is 12.6. The van der Waals surface area contributed by atoms with Crippen molar-refractivity contribution in [2.75, 3.05) is 5.32 Å². The zero-order valence-corrected chi connectivity index (χ0v) is 14.8. The first-order valence-electron chi connectivity index (χ1n) is 8.04. The third-order valence-corrected chi connectivity index (χ3v) is 5.15. The third kappa shape index (κ3) is 2.94. The van der Waals surface area contributed by atoms with Gasteiger partial charge >= 0.3 is 0 Å². The van der Waals surface area contributed by atoms with E-state index in [4.69, 9.17) is 0 Å². The summed E-state index contributed by atoms with van der Waals surface area (Å²) in [6, 6.07) is 19.7. The highest BCUT2D eigenvalue weighted by Crippen LogP contribution is 2.30. The number of thiophene rings is 1. The second-order valence-electron chi connectivity index (χ2n) is 5.99. The van der Waals surface area contributed by atoms with E-state index in [0.717, 1.165) is 32.8 Å². The molecule has 4 aromatic rings. The Hall–Kier alpha value is -2.92. The Balaban J connectivity index is 1.71. The van der Waals surface area contributed by atoms with Crippen LogP contribution in [0.25, 0.3) is 15.9 Å². The average Bonchev–Trinajstić information content (AvgIpc) is 3.17. The summed E-state index contributed by atoms with van der Waals surface area (Å²) >= 11 is 1.46. The number of aryl methyl sites for hydroxylation is 2.